The van der Waals surface area contributed by atoms with Crippen LogP contribution in [-0.4, -0.2) is 15.5 Å². The molecule has 0 aliphatic carbocycles. The zero-order valence-corrected chi connectivity index (χ0v) is 21.1. The maximum atomic E-state index is 13.1. The van der Waals surface area contributed by atoms with Gasteiger partial charge in [0.15, 0.2) is 0 Å². The van der Waals surface area contributed by atoms with Gasteiger partial charge in [0.25, 0.3) is 0 Å². The summed E-state index contributed by atoms with van der Waals surface area (Å²) < 4.78 is 7.91. The molecule has 0 saturated heterocycles. The van der Waals surface area contributed by atoms with Gasteiger partial charge in [-0.1, -0.05) is 89.4 Å². The van der Waals surface area contributed by atoms with Crippen molar-refractivity contribution in [2.45, 2.75) is 6.54 Å². The lowest BCUT2D eigenvalue weighted by atomic mass is 10.1. The smallest absolute Gasteiger partial charge is 0.345 e. The summed E-state index contributed by atoms with van der Waals surface area (Å²) in [5, 5.41) is 1.39. The van der Waals surface area contributed by atoms with E-state index in [1.165, 1.54) is 0 Å². The number of fused-ring (bicyclic) bond motifs is 1. The normalized spacial score (nSPS) is 11.6. The highest BCUT2D eigenvalue weighted by Gasteiger charge is 2.19. The van der Waals surface area contributed by atoms with Crippen LogP contribution >= 0.6 is 34.8 Å². The number of carbonyl (C=O) groups is 1. The molecule has 0 spiro atoms. The van der Waals surface area contributed by atoms with Crippen LogP contribution in [0.15, 0.2) is 97.1 Å². The Morgan fingerprint density at radius 1 is 0.750 bits per heavy atom. The maximum Gasteiger partial charge on any atom is 0.345 e. The number of aromatic nitrogens is 2. The fourth-order valence-electron chi connectivity index (χ4n) is 3.89. The van der Waals surface area contributed by atoms with Gasteiger partial charge in [0.2, 0.25) is 0 Å². The lowest BCUT2D eigenvalue weighted by Gasteiger charge is -2.13. The van der Waals surface area contributed by atoms with Crippen LogP contribution < -0.4 is 0 Å². The standard InChI is InChI=1S/C29H19Cl3N2O2/c30-22-12-4-1-9-19(22)18-34-26-16-8-7-15-25(26)33-28(34)17-27(20-10-2-5-13-23(20)31)36-29(35)21-11-3-6-14-24(21)32/h1-17H,18H2/b27-17+. The highest BCUT2D eigenvalue weighted by atomic mass is 35.5. The summed E-state index contributed by atoms with van der Waals surface area (Å²) in [6.45, 7) is 0.473. The Morgan fingerprint density at radius 3 is 2.03 bits per heavy atom. The Morgan fingerprint density at radius 2 is 1.33 bits per heavy atom. The van der Waals surface area contributed by atoms with Crippen LogP contribution in [-0.2, 0) is 11.3 Å². The maximum absolute atomic E-state index is 13.1. The third kappa shape index (κ3) is 5.02. The number of hydrogen-bond acceptors (Lipinski definition) is 3. The molecule has 0 radical (unpaired) electrons. The zero-order chi connectivity index (χ0) is 25.1. The van der Waals surface area contributed by atoms with Gasteiger partial charge < -0.3 is 9.30 Å². The molecular weight excluding hydrogens is 515 g/mol. The highest BCUT2D eigenvalue weighted by molar-refractivity contribution is 6.34. The fourth-order valence-corrected chi connectivity index (χ4v) is 4.53. The summed E-state index contributed by atoms with van der Waals surface area (Å²) in [4.78, 5) is 17.9. The van der Waals surface area contributed by atoms with E-state index < -0.39 is 5.97 Å². The SMILES string of the molecule is O=C(O/C(=C/c1nc2ccccc2n1Cc1ccccc1Cl)c1ccccc1Cl)c1ccccc1Cl. The van der Waals surface area contributed by atoms with Crippen LogP contribution in [0, 0.1) is 0 Å². The largest absolute Gasteiger partial charge is 0.422 e. The summed E-state index contributed by atoms with van der Waals surface area (Å²) in [7, 11) is 0. The minimum atomic E-state index is -0.597. The van der Waals surface area contributed by atoms with E-state index in [0.717, 1.165) is 16.6 Å². The topological polar surface area (TPSA) is 44.1 Å². The predicted octanol–water partition coefficient (Wildman–Crippen LogP) is 8.40. The molecule has 5 rings (SSSR count). The number of esters is 1. The molecule has 1 aromatic heterocycles. The van der Waals surface area contributed by atoms with Crippen molar-refractivity contribution in [3.63, 3.8) is 0 Å². The number of nitrogens with zero attached hydrogens (tertiary/aromatic N) is 2. The van der Waals surface area contributed by atoms with Gasteiger partial charge in [-0.05, 0) is 48.0 Å². The molecule has 0 aliphatic rings. The average molecular weight is 534 g/mol. The van der Waals surface area contributed by atoms with E-state index in [1.807, 2.05) is 65.2 Å². The van der Waals surface area contributed by atoms with Gasteiger partial charge in [0.1, 0.15) is 11.6 Å². The van der Waals surface area contributed by atoms with E-state index >= 15 is 0 Å². The molecule has 0 aliphatic heterocycles. The molecule has 0 atom stereocenters. The molecule has 36 heavy (non-hydrogen) atoms. The van der Waals surface area contributed by atoms with Crippen LogP contribution in [0.25, 0.3) is 22.9 Å². The number of imidazole rings is 1. The van der Waals surface area contributed by atoms with Crippen molar-refractivity contribution in [3.8, 4) is 0 Å². The fraction of sp³-hybridized carbons (Fsp3) is 0.0345. The summed E-state index contributed by atoms with van der Waals surface area (Å²) in [6, 6.07) is 29.3. The molecule has 0 N–H and O–H groups in total. The number of hydrogen-bond donors (Lipinski definition) is 0. The average Bonchev–Trinajstić information content (AvgIpc) is 3.22. The summed E-state index contributed by atoms with van der Waals surface area (Å²) in [5.41, 5.74) is 3.45. The number of ether oxygens (including phenoxy) is 1. The number of carbonyl (C=O) groups excluding carboxylic acids is 1. The van der Waals surface area contributed by atoms with Gasteiger partial charge in [-0.3, -0.25) is 0 Å². The van der Waals surface area contributed by atoms with Crippen LogP contribution in [0.2, 0.25) is 15.1 Å². The van der Waals surface area contributed by atoms with Crippen molar-refractivity contribution in [2.75, 3.05) is 0 Å². The van der Waals surface area contributed by atoms with Gasteiger partial charge in [-0.15, -0.1) is 0 Å². The van der Waals surface area contributed by atoms with Gasteiger partial charge in [0, 0.05) is 16.7 Å². The molecular formula is C29H19Cl3N2O2. The molecule has 178 valence electrons. The second kappa shape index (κ2) is 10.6. The Hall–Kier alpha value is -3.57. The van der Waals surface area contributed by atoms with Crippen molar-refractivity contribution < 1.29 is 9.53 Å². The summed E-state index contributed by atoms with van der Waals surface area (Å²) >= 11 is 19.2. The lowest BCUT2D eigenvalue weighted by molar-refractivity contribution is 0.0694. The Labute approximate surface area is 223 Å². The Balaban J connectivity index is 1.65. The molecule has 0 saturated carbocycles. The van der Waals surface area contributed by atoms with Crippen molar-refractivity contribution in [2.24, 2.45) is 0 Å². The van der Waals surface area contributed by atoms with E-state index in [2.05, 4.69) is 0 Å². The van der Waals surface area contributed by atoms with E-state index in [-0.39, 0.29) is 11.3 Å². The van der Waals surface area contributed by atoms with Crippen LogP contribution in [0.1, 0.15) is 27.3 Å². The van der Waals surface area contributed by atoms with Crippen molar-refractivity contribution >= 4 is 63.6 Å². The molecule has 0 fully saturated rings. The minimum Gasteiger partial charge on any atom is -0.422 e. The molecule has 1 heterocycles. The third-order valence-electron chi connectivity index (χ3n) is 5.67. The van der Waals surface area contributed by atoms with Crippen LogP contribution in [0.4, 0.5) is 0 Å². The van der Waals surface area contributed by atoms with Crippen molar-refractivity contribution in [1.82, 2.24) is 9.55 Å². The monoisotopic (exact) mass is 532 g/mol. The number of benzene rings is 4. The summed E-state index contributed by atoms with van der Waals surface area (Å²) in [5.74, 6) is 0.236. The first-order valence-electron chi connectivity index (χ1n) is 11.1. The number of para-hydroxylation sites is 2. The van der Waals surface area contributed by atoms with Crippen molar-refractivity contribution in [1.29, 1.82) is 0 Å². The molecule has 4 aromatic carbocycles. The van der Waals surface area contributed by atoms with E-state index in [0.29, 0.717) is 33.0 Å². The predicted molar refractivity (Wildman–Crippen MR) is 146 cm³/mol. The Kier molecular flexibility index (Phi) is 7.10. The summed E-state index contributed by atoms with van der Waals surface area (Å²) in [6.07, 6.45) is 1.72. The second-order valence-corrected chi connectivity index (χ2v) is 9.22. The first kappa shape index (κ1) is 24.1. The number of halogens is 3. The molecule has 0 amide bonds. The molecule has 5 aromatic rings. The molecule has 0 unspecified atom stereocenters. The van der Waals surface area contributed by atoms with Crippen molar-refractivity contribution in [3.05, 3.63) is 135 Å². The second-order valence-electron chi connectivity index (χ2n) is 7.99. The van der Waals surface area contributed by atoms with Gasteiger partial charge in [-0.2, -0.15) is 0 Å². The van der Waals surface area contributed by atoms with Crippen LogP contribution in [0.3, 0.4) is 0 Å². The van der Waals surface area contributed by atoms with Crippen LogP contribution in [0.5, 0.6) is 0 Å². The third-order valence-corrected chi connectivity index (χ3v) is 6.69. The van der Waals surface area contributed by atoms with Gasteiger partial charge in [0.05, 0.1) is 33.2 Å². The first-order valence-corrected chi connectivity index (χ1v) is 12.3. The van der Waals surface area contributed by atoms with E-state index in [1.54, 1.807) is 42.5 Å². The van der Waals surface area contributed by atoms with E-state index in [9.17, 15) is 4.79 Å². The van der Waals surface area contributed by atoms with E-state index in [4.69, 9.17) is 44.5 Å². The molecule has 7 heteroatoms. The lowest BCUT2D eigenvalue weighted by Crippen LogP contribution is -2.07. The molecule has 4 nitrogen and oxygen atoms in total. The quantitative estimate of drug-likeness (QED) is 0.163. The Bertz CT molecular complexity index is 1610. The zero-order valence-electron chi connectivity index (χ0n) is 18.9. The number of rotatable bonds is 6. The molecule has 0 bridgehead atoms. The highest BCUT2D eigenvalue weighted by Crippen LogP contribution is 2.30. The first-order chi connectivity index (χ1) is 17.5. The van der Waals surface area contributed by atoms with Gasteiger partial charge >= 0.3 is 5.97 Å². The van der Waals surface area contributed by atoms with Gasteiger partial charge in [-0.25, -0.2) is 9.78 Å². The minimum absolute atomic E-state index is 0.251.